The van der Waals surface area contributed by atoms with Crippen LogP contribution in [0.4, 0.5) is 0 Å². The maximum atomic E-state index is 12.2. The molecule has 25 heavy (non-hydrogen) atoms. The maximum absolute atomic E-state index is 12.2. The molecular weight excluding hydrogens is 528 g/mol. The normalized spacial score (nSPS) is 12.6. The van der Waals surface area contributed by atoms with Gasteiger partial charge >= 0.3 is 11.9 Å². The molecule has 1 rings (SSSR count). The molecule has 0 aliphatic rings. The van der Waals surface area contributed by atoms with E-state index in [-0.39, 0.29) is 29.0 Å². The van der Waals surface area contributed by atoms with Crippen molar-refractivity contribution in [3.05, 3.63) is 25.0 Å². The minimum Gasteiger partial charge on any atom is -0.506 e. The Bertz CT molecular complexity index is 660. The van der Waals surface area contributed by atoms with Crippen LogP contribution in [0.3, 0.4) is 0 Å². The highest BCUT2D eigenvalue weighted by atomic mass is 79.9. The van der Waals surface area contributed by atoms with E-state index in [1.807, 2.05) is 6.92 Å². The van der Waals surface area contributed by atoms with Crippen LogP contribution in [0.5, 0.6) is 5.75 Å². The van der Waals surface area contributed by atoms with Gasteiger partial charge in [-0.2, -0.15) is 0 Å². The number of carbonyl (C=O) groups is 2. The van der Waals surface area contributed by atoms with Gasteiger partial charge in [0.25, 0.3) is 0 Å². The molecule has 0 fully saturated rings. The van der Waals surface area contributed by atoms with Gasteiger partial charge in [-0.15, -0.1) is 0 Å². The molecule has 0 saturated carbocycles. The summed E-state index contributed by atoms with van der Waals surface area (Å²) in [5, 5.41) is 19.7. The number of esters is 2. The van der Waals surface area contributed by atoms with Crippen molar-refractivity contribution in [3.63, 3.8) is 0 Å². The molecule has 6 nitrogen and oxygen atoms in total. The number of halogens is 3. The lowest BCUT2D eigenvalue weighted by atomic mass is 9.91. The third-order valence-corrected chi connectivity index (χ3v) is 5.60. The summed E-state index contributed by atoms with van der Waals surface area (Å²) in [6.07, 6.45) is -0.548. The van der Waals surface area contributed by atoms with Crippen molar-refractivity contribution in [2.24, 2.45) is 5.41 Å². The monoisotopic (exact) mass is 544 g/mol. The Hall–Kier alpha value is -0.640. The van der Waals surface area contributed by atoms with Gasteiger partial charge in [0.1, 0.15) is 25.1 Å². The van der Waals surface area contributed by atoms with Gasteiger partial charge in [-0.05, 0) is 74.1 Å². The topological polar surface area (TPSA) is 93.1 Å². The third-order valence-electron chi connectivity index (χ3n) is 3.60. The van der Waals surface area contributed by atoms with Crippen LogP contribution in [0.1, 0.15) is 37.6 Å². The van der Waals surface area contributed by atoms with Crippen molar-refractivity contribution in [2.75, 3.05) is 13.2 Å². The van der Waals surface area contributed by atoms with Gasteiger partial charge in [0.05, 0.1) is 19.9 Å². The molecule has 0 amide bonds. The molecule has 0 aliphatic heterocycles. The van der Waals surface area contributed by atoms with E-state index < -0.39 is 23.5 Å². The van der Waals surface area contributed by atoms with Crippen LogP contribution in [-0.2, 0) is 14.3 Å². The quantitative estimate of drug-likeness (QED) is 0.499. The number of rotatable bonds is 7. The van der Waals surface area contributed by atoms with Crippen molar-refractivity contribution in [3.8, 4) is 5.75 Å². The zero-order valence-corrected chi connectivity index (χ0v) is 18.7. The number of aliphatic hydroxyl groups excluding tert-OH is 1. The summed E-state index contributed by atoms with van der Waals surface area (Å²) in [6, 6.07) is 1.50. The van der Waals surface area contributed by atoms with E-state index in [0.29, 0.717) is 15.4 Å². The summed E-state index contributed by atoms with van der Waals surface area (Å²) in [5.74, 6) is -1.32. The van der Waals surface area contributed by atoms with E-state index in [4.69, 9.17) is 9.47 Å². The van der Waals surface area contributed by atoms with E-state index in [9.17, 15) is 19.8 Å². The Kier molecular flexibility index (Phi) is 8.37. The molecule has 0 radical (unpaired) electrons. The third kappa shape index (κ3) is 5.94. The predicted molar refractivity (Wildman–Crippen MR) is 103 cm³/mol. The second-order valence-electron chi connectivity index (χ2n) is 5.97. The lowest BCUT2D eigenvalue weighted by Crippen LogP contribution is -2.31. The molecule has 2 N–H and O–H groups in total. The Morgan fingerprint density at radius 3 is 2.28 bits per heavy atom. The maximum Gasteiger partial charge on any atom is 0.340 e. The van der Waals surface area contributed by atoms with Gasteiger partial charge < -0.3 is 19.7 Å². The fraction of sp³-hybridized carbons (Fsp3) is 0.500. The van der Waals surface area contributed by atoms with Gasteiger partial charge in [-0.1, -0.05) is 6.92 Å². The minimum atomic E-state index is -1.15. The molecule has 0 spiro atoms. The summed E-state index contributed by atoms with van der Waals surface area (Å²) in [7, 11) is 0. The van der Waals surface area contributed by atoms with E-state index >= 15 is 0 Å². The van der Waals surface area contributed by atoms with E-state index in [0.717, 1.165) is 0 Å². The molecule has 1 aromatic carbocycles. The Balaban J connectivity index is 2.63. The van der Waals surface area contributed by atoms with Gasteiger partial charge in [0.15, 0.2) is 0 Å². The molecule has 0 aromatic heterocycles. The van der Waals surface area contributed by atoms with Crippen molar-refractivity contribution in [1.82, 2.24) is 0 Å². The first-order valence-corrected chi connectivity index (χ1v) is 9.78. The molecule has 1 unspecified atom stereocenters. The number of benzene rings is 1. The fourth-order valence-corrected chi connectivity index (χ4v) is 4.02. The van der Waals surface area contributed by atoms with E-state index in [1.54, 1.807) is 13.8 Å². The van der Waals surface area contributed by atoms with Crippen LogP contribution in [0.2, 0.25) is 0 Å². The lowest BCUT2D eigenvalue weighted by Gasteiger charge is -2.21. The van der Waals surface area contributed by atoms with E-state index in [2.05, 4.69) is 47.8 Å². The standard InChI is InChI=1S/C16H19Br3O6/c1-4-16(2,3)15(23)25-7-8(20)6-24-14(22)11-9(17)5-10(18)13(21)12(11)19/h5,8,20-21H,4,6-7H2,1-3H3. The summed E-state index contributed by atoms with van der Waals surface area (Å²) in [4.78, 5) is 24.0. The smallest absolute Gasteiger partial charge is 0.340 e. The number of phenolic OH excluding ortho intramolecular Hbond substituents is 1. The SMILES string of the molecule is CCC(C)(C)C(=O)OCC(O)COC(=O)c1c(Br)cc(Br)c(O)c1Br. The molecule has 0 bridgehead atoms. The Morgan fingerprint density at radius 2 is 1.72 bits per heavy atom. The first kappa shape index (κ1) is 22.4. The summed E-state index contributed by atoms with van der Waals surface area (Å²) >= 11 is 9.49. The van der Waals surface area contributed by atoms with Crippen molar-refractivity contribution >= 4 is 59.7 Å². The molecular formula is C16H19Br3O6. The molecule has 9 heteroatoms. The van der Waals surface area contributed by atoms with Crippen molar-refractivity contribution in [1.29, 1.82) is 0 Å². The largest absolute Gasteiger partial charge is 0.506 e. The van der Waals surface area contributed by atoms with E-state index in [1.165, 1.54) is 6.07 Å². The zero-order valence-electron chi connectivity index (χ0n) is 13.9. The highest BCUT2D eigenvalue weighted by molar-refractivity contribution is 9.11. The molecule has 1 aromatic rings. The van der Waals surface area contributed by atoms with Crippen LogP contribution < -0.4 is 0 Å². The number of carbonyl (C=O) groups excluding carboxylic acids is 2. The average molecular weight is 547 g/mol. The second kappa shape index (κ2) is 9.34. The highest BCUT2D eigenvalue weighted by Crippen LogP contribution is 2.39. The molecule has 0 aliphatic carbocycles. The number of ether oxygens (including phenoxy) is 2. The minimum absolute atomic E-state index is 0.0806. The number of phenols is 1. The van der Waals surface area contributed by atoms with Crippen LogP contribution >= 0.6 is 47.8 Å². The van der Waals surface area contributed by atoms with Crippen LogP contribution in [-0.4, -0.2) is 41.5 Å². The van der Waals surface area contributed by atoms with Gasteiger partial charge in [-0.3, -0.25) is 4.79 Å². The Morgan fingerprint density at radius 1 is 1.16 bits per heavy atom. The molecule has 1 atom stereocenters. The predicted octanol–water partition coefficient (Wildman–Crippen LogP) is 4.18. The van der Waals surface area contributed by atoms with Gasteiger partial charge in [-0.25, -0.2) is 4.79 Å². The summed E-state index contributed by atoms with van der Waals surface area (Å²) in [6.45, 7) is 4.73. The number of aromatic hydroxyl groups is 1. The van der Waals surface area contributed by atoms with Crippen LogP contribution in [0.15, 0.2) is 19.5 Å². The zero-order chi connectivity index (χ0) is 19.4. The number of aliphatic hydroxyl groups is 1. The molecule has 0 heterocycles. The number of hydrogen-bond acceptors (Lipinski definition) is 6. The molecule has 0 saturated heterocycles. The summed E-state index contributed by atoms with van der Waals surface area (Å²) in [5.41, 5.74) is -0.557. The highest BCUT2D eigenvalue weighted by Gasteiger charge is 2.28. The van der Waals surface area contributed by atoms with Gasteiger partial charge in [0, 0.05) is 4.47 Å². The van der Waals surface area contributed by atoms with Crippen LogP contribution in [0, 0.1) is 5.41 Å². The van der Waals surface area contributed by atoms with Crippen molar-refractivity contribution < 1.29 is 29.3 Å². The fourth-order valence-electron chi connectivity index (χ4n) is 1.57. The van der Waals surface area contributed by atoms with Crippen molar-refractivity contribution in [2.45, 2.75) is 33.3 Å². The Labute approximate surface area is 171 Å². The average Bonchev–Trinajstić information content (AvgIpc) is 2.55. The van der Waals surface area contributed by atoms with Crippen LogP contribution in [0.25, 0.3) is 0 Å². The first-order valence-electron chi connectivity index (χ1n) is 7.40. The molecule has 140 valence electrons. The van der Waals surface area contributed by atoms with Gasteiger partial charge in [0.2, 0.25) is 0 Å². The first-order chi connectivity index (χ1) is 11.5. The summed E-state index contributed by atoms with van der Waals surface area (Å²) < 4.78 is 11.0. The second-order valence-corrected chi connectivity index (χ2v) is 8.47. The number of hydrogen-bond donors (Lipinski definition) is 2. The lowest BCUT2D eigenvalue weighted by molar-refractivity contribution is -0.157.